The number of para-hydroxylation sites is 1. The number of piperidine rings is 1. The van der Waals surface area contributed by atoms with Crippen LogP contribution in [0.4, 0.5) is 11.8 Å². The number of benzene rings is 1. The molecule has 0 atom stereocenters. The third-order valence-corrected chi connectivity index (χ3v) is 6.94. The second-order valence-corrected chi connectivity index (χ2v) is 8.98. The van der Waals surface area contributed by atoms with Crippen molar-refractivity contribution in [1.82, 2.24) is 14.5 Å². The van der Waals surface area contributed by atoms with Crippen molar-refractivity contribution in [3.8, 4) is 0 Å². The second kappa shape index (κ2) is 7.68. The molecule has 0 bridgehead atoms. The molecule has 29 heavy (non-hydrogen) atoms. The number of fused-ring (bicyclic) bond motifs is 1. The van der Waals surface area contributed by atoms with Crippen molar-refractivity contribution in [2.24, 2.45) is 18.2 Å². The quantitative estimate of drug-likeness (QED) is 0.681. The summed E-state index contributed by atoms with van der Waals surface area (Å²) in [6.45, 7) is 4.51. The van der Waals surface area contributed by atoms with Crippen molar-refractivity contribution in [2.75, 3.05) is 30.3 Å². The van der Waals surface area contributed by atoms with Crippen LogP contribution in [0, 0.1) is 5.41 Å². The molecule has 3 aromatic rings. The first-order valence-electron chi connectivity index (χ1n) is 9.75. The minimum Gasteiger partial charge on any atom is -0.382 e. The summed E-state index contributed by atoms with van der Waals surface area (Å²) < 4.78 is 1.60. The van der Waals surface area contributed by atoms with Gasteiger partial charge in [0.1, 0.15) is 10.7 Å². The minimum absolute atomic E-state index is 0.141. The summed E-state index contributed by atoms with van der Waals surface area (Å²) in [5.74, 6) is 0.875. The zero-order chi connectivity index (χ0) is 20.6. The van der Waals surface area contributed by atoms with Gasteiger partial charge in [0.2, 0.25) is 5.95 Å². The summed E-state index contributed by atoms with van der Waals surface area (Å²) in [6, 6.07) is 9.80. The van der Waals surface area contributed by atoms with E-state index in [0.717, 1.165) is 41.7 Å². The molecular weight excluding hydrogens is 384 g/mol. The maximum atomic E-state index is 13.1. The van der Waals surface area contributed by atoms with Gasteiger partial charge in [-0.05, 0) is 36.9 Å². The molecular formula is C21H26N6OS. The molecule has 4 rings (SSSR count). The molecule has 0 spiro atoms. The Morgan fingerprint density at radius 3 is 2.66 bits per heavy atom. The van der Waals surface area contributed by atoms with Gasteiger partial charge in [0, 0.05) is 36.6 Å². The maximum Gasteiger partial charge on any atom is 0.270 e. The minimum atomic E-state index is -0.141. The number of pyridine rings is 1. The highest BCUT2D eigenvalue weighted by atomic mass is 32.2. The molecule has 7 nitrogen and oxygen atoms in total. The van der Waals surface area contributed by atoms with Crippen LogP contribution >= 0.6 is 11.8 Å². The van der Waals surface area contributed by atoms with Crippen LogP contribution in [-0.2, 0) is 7.05 Å². The maximum absolute atomic E-state index is 13.1. The molecule has 1 fully saturated rings. The molecule has 1 saturated heterocycles. The Morgan fingerprint density at radius 2 is 1.93 bits per heavy atom. The first-order valence-corrected chi connectivity index (χ1v) is 10.6. The fraction of sp³-hybridized carbons (Fsp3) is 0.381. The number of rotatable bonds is 4. The lowest BCUT2D eigenvalue weighted by Crippen LogP contribution is -2.44. The van der Waals surface area contributed by atoms with Crippen molar-refractivity contribution in [3.05, 3.63) is 46.9 Å². The van der Waals surface area contributed by atoms with Gasteiger partial charge in [-0.15, -0.1) is 0 Å². The van der Waals surface area contributed by atoms with Crippen LogP contribution in [0.3, 0.4) is 0 Å². The molecule has 1 aromatic carbocycles. The van der Waals surface area contributed by atoms with E-state index >= 15 is 0 Å². The molecule has 152 valence electrons. The summed E-state index contributed by atoms with van der Waals surface area (Å²) in [5.41, 5.74) is 13.0. The molecule has 2 aromatic heterocycles. The van der Waals surface area contributed by atoms with Gasteiger partial charge in [0.05, 0.1) is 5.52 Å². The van der Waals surface area contributed by atoms with Crippen LogP contribution in [0.2, 0.25) is 0 Å². The number of nitrogens with two attached hydrogens (primary N) is 2. The summed E-state index contributed by atoms with van der Waals surface area (Å²) in [4.78, 5) is 25.6. The van der Waals surface area contributed by atoms with Crippen molar-refractivity contribution in [2.45, 2.75) is 29.6 Å². The average Bonchev–Trinajstić information content (AvgIpc) is 2.74. The fourth-order valence-corrected chi connectivity index (χ4v) is 4.69. The smallest absolute Gasteiger partial charge is 0.270 e. The lowest BCUT2D eigenvalue weighted by molar-refractivity contribution is 0.256. The summed E-state index contributed by atoms with van der Waals surface area (Å²) >= 11 is 1.32. The monoisotopic (exact) mass is 410 g/mol. The van der Waals surface area contributed by atoms with Gasteiger partial charge in [-0.2, -0.15) is 4.98 Å². The lowest BCUT2D eigenvalue weighted by Gasteiger charge is -2.39. The number of anilines is 2. The Labute approximate surface area is 174 Å². The molecule has 1 aliphatic rings. The van der Waals surface area contributed by atoms with Crippen molar-refractivity contribution in [3.63, 3.8) is 0 Å². The first-order chi connectivity index (χ1) is 13.9. The number of hydrogen-bond donors (Lipinski definition) is 2. The molecule has 4 N–H and O–H groups in total. The zero-order valence-electron chi connectivity index (χ0n) is 16.8. The van der Waals surface area contributed by atoms with Crippen molar-refractivity contribution >= 4 is 34.4 Å². The lowest BCUT2D eigenvalue weighted by atomic mass is 9.81. The Morgan fingerprint density at radius 1 is 1.21 bits per heavy atom. The Hall–Kier alpha value is -2.58. The van der Waals surface area contributed by atoms with Crippen LogP contribution in [-0.4, -0.2) is 34.2 Å². The molecule has 0 unspecified atom stereocenters. The van der Waals surface area contributed by atoms with E-state index < -0.39 is 0 Å². The van der Waals surface area contributed by atoms with Gasteiger partial charge >= 0.3 is 0 Å². The van der Waals surface area contributed by atoms with Gasteiger partial charge in [0.25, 0.3) is 5.56 Å². The largest absolute Gasteiger partial charge is 0.382 e. The van der Waals surface area contributed by atoms with Gasteiger partial charge in [0.15, 0.2) is 0 Å². The summed E-state index contributed by atoms with van der Waals surface area (Å²) in [7, 11) is 1.76. The molecule has 0 amide bonds. The molecule has 0 saturated carbocycles. The highest BCUT2D eigenvalue weighted by Gasteiger charge is 2.30. The van der Waals surface area contributed by atoms with E-state index in [1.54, 1.807) is 17.8 Å². The van der Waals surface area contributed by atoms with Gasteiger partial charge in [-0.25, -0.2) is 0 Å². The third-order valence-electron chi connectivity index (χ3n) is 5.81. The number of nitrogens with zero attached hydrogens (tertiary/aromatic N) is 4. The van der Waals surface area contributed by atoms with E-state index in [9.17, 15) is 4.79 Å². The molecule has 8 heteroatoms. The highest BCUT2D eigenvalue weighted by Crippen LogP contribution is 2.35. The van der Waals surface area contributed by atoms with E-state index in [-0.39, 0.29) is 16.8 Å². The number of aromatic nitrogens is 3. The number of nitrogen functional groups attached to an aromatic ring is 1. The van der Waals surface area contributed by atoms with E-state index in [1.807, 2.05) is 30.3 Å². The van der Waals surface area contributed by atoms with Crippen molar-refractivity contribution < 1.29 is 0 Å². The SMILES string of the molecule is Cn1c(N2CCC(C)(CN)CC2)nc(N)c(Sc2cccc3cccnc23)c1=O. The normalized spacial score (nSPS) is 16.3. The average molecular weight is 411 g/mol. The predicted octanol–water partition coefficient (Wildman–Crippen LogP) is 2.63. The van der Waals surface area contributed by atoms with E-state index in [0.29, 0.717) is 17.4 Å². The third kappa shape index (κ3) is 3.70. The van der Waals surface area contributed by atoms with Gasteiger partial charge < -0.3 is 16.4 Å². The molecule has 0 aliphatic carbocycles. The van der Waals surface area contributed by atoms with E-state index in [1.165, 1.54) is 11.8 Å². The van der Waals surface area contributed by atoms with Crippen LogP contribution in [0.25, 0.3) is 10.9 Å². The standard InChI is InChI=1S/C21H26N6OS/c1-21(13-22)8-11-27(12-9-21)20-25-18(23)17(19(28)26(20)2)29-15-7-3-5-14-6-4-10-24-16(14)15/h3-7,10H,8-9,11-13,22-23H2,1-2H3. The first kappa shape index (κ1) is 19.7. The topological polar surface area (TPSA) is 103 Å². The highest BCUT2D eigenvalue weighted by molar-refractivity contribution is 7.99. The van der Waals surface area contributed by atoms with Crippen LogP contribution in [0.1, 0.15) is 19.8 Å². The Kier molecular flexibility index (Phi) is 5.23. The second-order valence-electron chi connectivity index (χ2n) is 7.93. The van der Waals surface area contributed by atoms with Crippen LogP contribution in [0.5, 0.6) is 0 Å². The zero-order valence-corrected chi connectivity index (χ0v) is 17.6. The van der Waals surface area contributed by atoms with Crippen molar-refractivity contribution in [1.29, 1.82) is 0 Å². The summed E-state index contributed by atoms with van der Waals surface area (Å²) in [5, 5.41) is 1.02. The predicted molar refractivity (Wildman–Crippen MR) is 118 cm³/mol. The van der Waals surface area contributed by atoms with E-state index in [2.05, 4.69) is 21.8 Å². The fourth-order valence-electron chi connectivity index (χ4n) is 3.68. The van der Waals surface area contributed by atoms with Crippen LogP contribution < -0.4 is 21.9 Å². The summed E-state index contributed by atoms with van der Waals surface area (Å²) in [6.07, 6.45) is 3.69. The van der Waals surface area contributed by atoms with Gasteiger partial charge in [-0.3, -0.25) is 14.3 Å². The molecule has 3 heterocycles. The van der Waals surface area contributed by atoms with E-state index in [4.69, 9.17) is 11.5 Å². The van der Waals surface area contributed by atoms with Crippen LogP contribution in [0.15, 0.2) is 51.1 Å². The molecule has 1 aliphatic heterocycles. The Bertz CT molecular complexity index is 1100. The Balaban J connectivity index is 1.67. The molecule has 0 radical (unpaired) electrons. The number of hydrogen-bond acceptors (Lipinski definition) is 7. The van der Waals surface area contributed by atoms with Gasteiger partial charge in [-0.1, -0.05) is 36.9 Å².